The van der Waals surface area contributed by atoms with Gasteiger partial charge in [-0.25, -0.2) is 4.98 Å². The minimum absolute atomic E-state index is 0.104. The molecule has 0 radical (unpaired) electrons. The smallest absolute Gasteiger partial charge is 0.254 e. The quantitative estimate of drug-likeness (QED) is 0.696. The van der Waals surface area contributed by atoms with E-state index in [1.54, 1.807) is 0 Å². The highest BCUT2D eigenvalue weighted by Gasteiger charge is 2.23. The van der Waals surface area contributed by atoms with Crippen molar-refractivity contribution < 1.29 is 4.79 Å². The first-order valence-corrected chi connectivity index (χ1v) is 9.48. The predicted octanol–water partition coefficient (Wildman–Crippen LogP) is 3.91. The average Bonchev–Trinajstić information content (AvgIpc) is 2.69. The van der Waals surface area contributed by atoms with E-state index in [1.165, 1.54) is 11.1 Å². The maximum Gasteiger partial charge on any atom is 0.254 e. The molecular formula is C23H25N3O. The van der Waals surface area contributed by atoms with Crippen molar-refractivity contribution in [3.05, 3.63) is 65.2 Å². The van der Waals surface area contributed by atoms with Crippen molar-refractivity contribution in [3.63, 3.8) is 0 Å². The van der Waals surface area contributed by atoms with Crippen LogP contribution in [0.2, 0.25) is 0 Å². The molecule has 0 saturated carbocycles. The number of carbonyl (C=O) groups is 1. The molecule has 1 fully saturated rings. The third-order valence-electron chi connectivity index (χ3n) is 5.54. The molecule has 0 bridgehead atoms. The number of benzene rings is 2. The number of aryl methyl sites for hydroxylation is 2. The first kappa shape index (κ1) is 17.7. The molecule has 0 unspecified atom stereocenters. The minimum atomic E-state index is 0.104. The van der Waals surface area contributed by atoms with E-state index in [4.69, 9.17) is 4.98 Å². The Hall–Kier alpha value is -2.72. The highest BCUT2D eigenvalue weighted by Crippen LogP contribution is 2.27. The number of amides is 1. The number of hydrogen-bond acceptors (Lipinski definition) is 3. The second kappa shape index (κ2) is 7.12. The predicted molar refractivity (Wildman–Crippen MR) is 110 cm³/mol. The molecule has 0 N–H and O–H groups in total. The van der Waals surface area contributed by atoms with Crippen LogP contribution < -0.4 is 0 Å². The number of pyridine rings is 1. The lowest BCUT2D eigenvalue weighted by Crippen LogP contribution is -2.47. The van der Waals surface area contributed by atoms with E-state index in [2.05, 4.69) is 44.0 Å². The summed E-state index contributed by atoms with van der Waals surface area (Å²) < 4.78 is 0. The van der Waals surface area contributed by atoms with E-state index in [1.807, 2.05) is 35.2 Å². The number of piperazine rings is 1. The summed E-state index contributed by atoms with van der Waals surface area (Å²) in [5.74, 6) is 0.104. The summed E-state index contributed by atoms with van der Waals surface area (Å²) in [6.07, 6.45) is 0. The number of carbonyl (C=O) groups excluding carboxylic acids is 1. The third-order valence-corrected chi connectivity index (χ3v) is 5.54. The van der Waals surface area contributed by atoms with Crippen molar-refractivity contribution in [2.75, 3.05) is 33.2 Å². The maximum atomic E-state index is 13.3. The lowest BCUT2D eigenvalue weighted by atomic mass is 10.00. The molecule has 27 heavy (non-hydrogen) atoms. The normalized spacial score (nSPS) is 15.3. The molecule has 4 heteroatoms. The zero-order valence-electron chi connectivity index (χ0n) is 16.2. The standard InChI is InChI=1S/C23H25N3O/c1-16-8-9-18(14-17(16)2)22-15-20(19-6-4-5-7-21(19)24-22)23(27)26-12-10-25(3)11-13-26/h4-9,14-15H,10-13H2,1-3H3. The van der Waals surface area contributed by atoms with Gasteiger partial charge in [-0.1, -0.05) is 30.3 Å². The Morgan fingerprint density at radius 2 is 1.67 bits per heavy atom. The number of hydrogen-bond donors (Lipinski definition) is 0. The Kier molecular flexibility index (Phi) is 4.66. The van der Waals surface area contributed by atoms with Crippen LogP contribution in [0.3, 0.4) is 0 Å². The van der Waals surface area contributed by atoms with Gasteiger partial charge in [0.2, 0.25) is 0 Å². The van der Waals surface area contributed by atoms with Gasteiger partial charge in [0.25, 0.3) is 5.91 Å². The van der Waals surface area contributed by atoms with Gasteiger partial charge in [-0.3, -0.25) is 4.79 Å². The molecule has 138 valence electrons. The Bertz CT molecular complexity index is 1000. The molecule has 3 aromatic rings. The van der Waals surface area contributed by atoms with E-state index >= 15 is 0 Å². The van der Waals surface area contributed by atoms with Gasteiger partial charge in [-0.2, -0.15) is 0 Å². The van der Waals surface area contributed by atoms with E-state index < -0.39 is 0 Å². The molecule has 1 aliphatic heterocycles. The fourth-order valence-corrected chi connectivity index (χ4v) is 3.58. The van der Waals surface area contributed by atoms with Gasteiger partial charge in [0.1, 0.15) is 0 Å². The summed E-state index contributed by atoms with van der Waals surface area (Å²) in [7, 11) is 2.10. The maximum absolute atomic E-state index is 13.3. The lowest BCUT2D eigenvalue weighted by molar-refractivity contribution is 0.0666. The molecule has 1 saturated heterocycles. The van der Waals surface area contributed by atoms with Gasteiger partial charge in [0.05, 0.1) is 16.8 Å². The van der Waals surface area contributed by atoms with Gasteiger partial charge in [0, 0.05) is 37.1 Å². The summed E-state index contributed by atoms with van der Waals surface area (Å²) in [5.41, 5.74) is 6.01. The summed E-state index contributed by atoms with van der Waals surface area (Å²) in [5, 5.41) is 0.925. The molecule has 0 atom stereocenters. The van der Waals surface area contributed by atoms with Crippen LogP contribution in [0, 0.1) is 13.8 Å². The molecular weight excluding hydrogens is 334 g/mol. The highest BCUT2D eigenvalue weighted by molar-refractivity contribution is 6.07. The molecule has 2 aromatic carbocycles. The molecule has 4 nitrogen and oxygen atoms in total. The van der Waals surface area contributed by atoms with E-state index in [-0.39, 0.29) is 5.91 Å². The fraction of sp³-hybridized carbons (Fsp3) is 0.304. The van der Waals surface area contributed by atoms with E-state index in [0.717, 1.165) is 53.9 Å². The number of likely N-dealkylation sites (N-methyl/N-ethyl adjacent to an activating group) is 1. The molecule has 1 aromatic heterocycles. The van der Waals surface area contributed by atoms with Crippen molar-refractivity contribution >= 4 is 16.8 Å². The average molecular weight is 359 g/mol. The molecule has 0 aliphatic carbocycles. The van der Waals surface area contributed by atoms with Crippen LogP contribution in [0.25, 0.3) is 22.2 Å². The number of fused-ring (bicyclic) bond motifs is 1. The summed E-state index contributed by atoms with van der Waals surface area (Å²) in [4.78, 5) is 22.4. The third kappa shape index (κ3) is 3.45. The van der Waals surface area contributed by atoms with Crippen LogP contribution >= 0.6 is 0 Å². The van der Waals surface area contributed by atoms with Crippen molar-refractivity contribution in [1.29, 1.82) is 0 Å². The van der Waals surface area contributed by atoms with Gasteiger partial charge in [-0.05, 0) is 50.2 Å². The van der Waals surface area contributed by atoms with E-state index in [0.29, 0.717) is 0 Å². The highest BCUT2D eigenvalue weighted by atomic mass is 16.2. The topological polar surface area (TPSA) is 36.4 Å². The second-order valence-electron chi connectivity index (χ2n) is 7.47. The number of para-hydroxylation sites is 1. The van der Waals surface area contributed by atoms with Crippen LogP contribution in [0.4, 0.5) is 0 Å². The summed E-state index contributed by atoms with van der Waals surface area (Å²) in [6, 6.07) is 16.2. The number of aromatic nitrogens is 1. The molecule has 1 aliphatic rings. The Labute approximate surface area is 160 Å². The van der Waals surface area contributed by atoms with Crippen LogP contribution in [-0.4, -0.2) is 53.9 Å². The lowest BCUT2D eigenvalue weighted by Gasteiger charge is -2.32. The molecule has 1 amide bonds. The number of rotatable bonds is 2. The van der Waals surface area contributed by atoms with Gasteiger partial charge in [0.15, 0.2) is 0 Å². The zero-order chi connectivity index (χ0) is 19.0. The minimum Gasteiger partial charge on any atom is -0.336 e. The zero-order valence-corrected chi connectivity index (χ0v) is 16.2. The fourth-order valence-electron chi connectivity index (χ4n) is 3.58. The Morgan fingerprint density at radius 3 is 2.41 bits per heavy atom. The van der Waals surface area contributed by atoms with Crippen LogP contribution in [-0.2, 0) is 0 Å². The van der Waals surface area contributed by atoms with E-state index in [9.17, 15) is 4.79 Å². The van der Waals surface area contributed by atoms with Gasteiger partial charge >= 0.3 is 0 Å². The van der Waals surface area contributed by atoms with Crippen molar-refractivity contribution in [2.45, 2.75) is 13.8 Å². The van der Waals surface area contributed by atoms with Crippen molar-refractivity contribution in [2.24, 2.45) is 0 Å². The first-order valence-electron chi connectivity index (χ1n) is 9.48. The molecule has 0 spiro atoms. The second-order valence-corrected chi connectivity index (χ2v) is 7.47. The Balaban J connectivity index is 1.81. The van der Waals surface area contributed by atoms with Crippen molar-refractivity contribution in [1.82, 2.24) is 14.8 Å². The van der Waals surface area contributed by atoms with Crippen LogP contribution in [0.15, 0.2) is 48.5 Å². The SMILES string of the molecule is Cc1ccc(-c2cc(C(=O)N3CCN(C)CC3)c3ccccc3n2)cc1C. The van der Waals surface area contributed by atoms with Crippen LogP contribution in [0.1, 0.15) is 21.5 Å². The molecule has 2 heterocycles. The summed E-state index contributed by atoms with van der Waals surface area (Å²) >= 11 is 0. The largest absolute Gasteiger partial charge is 0.336 e. The number of nitrogens with zero attached hydrogens (tertiary/aromatic N) is 3. The first-order chi connectivity index (χ1) is 13.0. The summed E-state index contributed by atoms with van der Waals surface area (Å²) in [6.45, 7) is 7.58. The molecule has 4 rings (SSSR count). The van der Waals surface area contributed by atoms with Gasteiger partial charge < -0.3 is 9.80 Å². The monoisotopic (exact) mass is 359 g/mol. The van der Waals surface area contributed by atoms with Crippen molar-refractivity contribution in [3.8, 4) is 11.3 Å². The van der Waals surface area contributed by atoms with Crippen LogP contribution in [0.5, 0.6) is 0 Å². The Morgan fingerprint density at radius 1 is 0.926 bits per heavy atom. The van der Waals surface area contributed by atoms with Gasteiger partial charge in [-0.15, -0.1) is 0 Å².